The van der Waals surface area contributed by atoms with Crippen molar-refractivity contribution < 1.29 is 13.2 Å². The molecule has 25 heavy (non-hydrogen) atoms. The largest absolute Gasteiger partial charge is 0.292 e. The first-order valence-electron chi connectivity index (χ1n) is 8.53. The highest BCUT2D eigenvalue weighted by molar-refractivity contribution is 7.94. The van der Waals surface area contributed by atoms with Crippen LogP contribution in [0.15, 0.2) is 44.1 Å². The molecule has 0 saturated heterocycles. The van der Waals surface area contributed by atoms with E-state index in [-0.39, 0.29) is 22.8 Å². The van der Waals surface area contributed by atoms with Crippen LogP contribution in [0.1, 0.15) is 33.1 Å². The zero-order valence-electron chi connectivity index (χ0n) is 14.4. The van der Waals surface area contributed by atoms with Gasteiger partial charge in [-0.1, -0.05) is 26.0 Å². The Bertz CT molecular complexity index is 898. The van der Waals surface area contributed by atoms with Gasteiger partial charge in [-0.3, -0.25) is 14.8 Å². The minimum absolute atomic E-state index is 0.0650. The molecule has 7 heteroatoms. The van der Waals surface area contributed by atoms with Crippen molar-refractivity contribution in [2.45, 2.75) is 43.3 Å². The third-order valence-electron chi connectivity index (χ3n) is 4.16. The third-order valence-corrected chi connectivity index (χ3v) is 6.19. The van der Waals surface area contributed by atoms with Crippen LogP contribution in [-0.2, 0) is 14.6 Å². The first-order chi connectivity index (χ1) is 12.0. The molecule has 0 aromatic heterocycles. The number of para-hydroxylation sites is 1. The maximum atomic E-state index is 13.2. The molecule has 0 spiro atoms. The molecule has 2 aliphatic rings. The second-order valence-electron chi connectivity index (χ2n) is 6.09. The molecule has 1 aliphatic heterocycles. The summed E-state index contributed by atoms with van der Waals surface area (Å²) in [6.45, 7) is 4.88. The number of nitrogens with zero attached hydrogens (tertiary/aromatic N) is 3. The summed E-state index contributed by atoms with van der Waals surface area (Å²) in [5.41, 5.74) is 1.35. The Kier molecular flexibility index (Phi) is 4.94. The van der Waals surface area contributed by atoms with Crippen molar-refractivity contribution in [3.63, 3.8) is 0 Å². The Morgan fingerprint density at radius 2 is 1.80 bits per heavy atom. The zero-order chi connectivity index (χ0) is 18.0. The predicted molar refractivity (Wildman–Crippen MR) is 99.3 cm³/mol. The lowest BCUT2D eigenvalue weighted by Crippen LogP contribution is -2.51. The lowest BCUT2D eigenvalue weighted by atomic mass is 9.91. The molecule has 1 aromatic rings. The molecule has 132 valence electrons. The molecule has 0 radical (unpaired) electrons. The van der Waals surface area contributed by atoms with E-state index in [0.29, 0.717) is 30.2 Å². The molecule has 1 saturated carbocycles. The minimum Gasteiger partial charge on any atom is -0.292 e. The molecule has 1 fully saturated rings. The van der Waals surface area contributed by atoms with E-state index in [1.807, 2.05) is 13.8 Å². The molecule has 1 atom stereocenters. The van der Waals surface area contributed by atoms with E-state index in [0.717, 1.165) is 12.8 Å². The van der Waals surface area contributed by atoms with Crippen LogP contribution in [0.5, 0.6) is 0 Å². The minimum atomic E-state index is -3.78. The molecule has 1 aromatic carbocycles. The van der Waals surface area contributed by atoms with E-state index in [2.05, 4.69) is 15.0 Å². The fourth-order valence-electron chi connectivity index (χ4n) is 3.01. The quantitative estimate of drug-likeness (QED) is 0.828. The van der Waals surface area contributed by atoms with Gasteiger partial charge in [0.25, 0.3) is 0 Å². The van der Waals surface area contributed by atoms with E-state index >= 15 is 0 Å². The molecule has 6 nitrogen and oxygen atoms in total. The average molecular weight is 359 g/mol. The number of ketones is 1. The summed E-state index contributed by atoms with van der Waals surface area (Å²) in [4.78, 5) is 26.0. The van der Waals surface area contributed by atoms with Gasteiger partial charge in [0.1, 0.15) is 5.71 Å². The number of fused-ring (bicyclic) bond motifs is 2. The molecular weight excluding hydrogens is 338 g/mol. The summed E-state index contributed by atoms with van der Waals surface area (Å²) >= 11 is 0. The monoisotopic (exact) mass is 359 g/mol. The van der Waals surface area contributed by atoms with E-state index < -0.39 is 15.1 Å². The Hall–Kier alpha value is -2.15. The Labute approximate surface area is 147 Å². The van der Waals surface area contributed by atoms with Gasteiger partial charge >= 0.3 is 0 Å². The number of sulfone groups is 1. The smallest absolute Gasteiger partial charge is 0.195 e. The maximum absolute atomic E-state index is 13.2. The highest BCUT2D eigenvalue weighted by atomic mass is 32.2. The van der Waals surface area contributed by atoms with Crippen molar-refractivity contribution in [1.82, 2.24) is 0 Å². The van der Waals surface area contributed by atoms with E-state index in [4.69, 9.17) is 0 Å². The number of benzene rings is 1. The van der Waals surface area contributed by atoms with Gasteiger partial charge in [0, 0.05) is 13.1 Å². The predicted octanol–water partition coefficient (Wildman–Crippen LogP) is 2.59. The summed E-state index contributed by atoms with van der Waals surface area (Å²) < 4.78 is 26.4. The maximum Gasteiger partial charge on any atom is 0.195 e. The van der Waals surface area contributed by atoms with Gasteiger partial charge in [0.2, 0.25) is 0 Å². The van der Waals surface area contributed by atoms with Gasteiger partial charge in [0.05, 0.1) is 28.4 Å². The summed E-state index contributed by atoms with van der Waals surface area (Å²) in [5, 5.41) is -1.13. The van der Waals surface area contributed by atoms with Crippen LogP contribution in [0.25, 0.3) is 0 Å². The number of Topliss-reactive ketones (excluding diaryl/α,β-unsaturated/α-hetero) is 1. The summed E-state index contributed by atoms with van der Waals surface area (Å²) in [6.07, 6.45) is 1.62. The Morgan fingerprint density at radius 3 is 2.52 bits per heavy atom. The van der Waals surface area contributed by atoms with E-state index in [1.165, 1.54) is 6.07 Å². The van der Waals surface area contributed by atoms with Crippen LogP contribution >= 0.6 is 0 Å². The van der Waals surface area contributed by atoms with Crippen molar-refractivity contribution in [2.24, 2.45) is 15.0 Å². The van der Waals surface area contributed by atoms with Gasteiger partial charge in [-0.15, -0.1) is 0 Å². The highest BCUT2D eigenvalue weighted by Crippen LogP contribution is 2.35. The number of aliphatic imine (C=N–C) groups is 3. The lowest BCUT2D eigenvalue weighted by molar-refractivity contribution is -0.112. The first-order valence-corrected chi connectivity index (χ1v) is 10.1. The van der Waals surface area contributed by atoms with Gasteiger partial charge in [0.15, 0.2) is 20.9 Å². The number of rotatable bonds is 4. The topological polar surface area (TPSA) is 88.3 Å². The molecule has 3 rings (SSSR count). The molecule has 0 N–H and O–H groups in total. The van der Waals surface area contributed by atoms with Gasteiger partial charge in [-0.2, -0.15) is 0 Å². The standard InChI is InChI=1S/C18H21N3O3S/c1-3-9-19-13-11-14(22)17(20-10-4-2)18-16(13)21-12-7-5-6-8-15(12)25(18,23)24/h5-8,18H,3-4,9-11H2,1-2H3. The second-order valence-corrected chi connectivity index (χ2v) is 8.09. The fraction of sp³-hybridized carbons (Fsp3) is 0.444. The molecule has 0 bridgehead atoms. The van der Waals surface area contributed by atoms with Crippen molar-refractivity contribution in [3.05, 3.63) is 24.3 Å². The SMILES string of the molecule is CCCN=C1CC(=O)C(=NCCC)C2C1=Nc1ccccc1S2(=O)=O. The van der Waals surface area contributed by atoms with Crippen molar-refractivity contribution >= 4 is 38.4 Å². The molecule has 1 heterocycles. The van der Waals surface area contributed by atoms with Gasteiger partial charge in [-0.25, -0.2) is 13.4 Å². The van der Waals surface area contributed by atoms with Crippen LogP contribution < -0.4 is 0 Å². The average Bonchev–Trinajstić information content (AvgIpc) is 2.59. The Morgan fingerprint density at radius 1 is 1.12 bits per heavy atom. The number of hydrogen-bond donors (Lipinski definition) is 0. The van der Waals surface area contributed by atoms with Crippen molar-refractivity contribution in [1.29, 1.82) is 0 Å². The molecule has 1 aliphatic carbocycles. The highest BCUT2D eigenvalue weighted by Gasteiger charge is 2.48. The van der Waals surface area contributed by atoms with E-state index in [1.54, 1.807) is 18.2 Å². The van der Waals surface area contributed by atoms with Crippen molar-refractivity contribution in [3.8, 4) is 0 Å². The zero-order valence-corrected chi connectivity index (χ0v) is 15.2. The van der Waals surface area contributed by atoms with Crippen LogP contribution in [0.2, 0.25) is 0 Å². The van der Waals surface area contributed by atoms with Crippen LogP contribution in [0.3, 0.4) is 0 Å². The first kappa shape index (κ1) is 17.7. The third kappa shape index (κ3) is 3.08. The fourth-order valence-corrected chi connectivity index (χ4v) is 4.92. The molecule has 1 unspecified atom stereocenters. The molecular formula is C18H21N3O3S. The lowest BCUT2D eigenvalue weighted by Gasteiger charge is -2.30. The van der Waals surface area contributed by atoms with Crippen molar-refractivity contribution in [2.75, 3.05) is 13.1 Å². The number of hydrogen-bond acceptors (Lipinski definition) is 6. The van der Waals surface area contributed by atoms with Gasteiger partial charge in [-0.05, 0) is 25.0 Å². The van der Waals surface area contributed by atoms with Crippen LogP contribution in [0, 0.1) is 0 Å². The Balaban J connectivity index is 2.24. The number of carbonyl (C=O) groups is 1. The summed E-state index contributed by atoms with van der Waals surface area (Å²) in [7, 11) is -3.78. The van der Waals surface area contributed by atoms with Gasteiger partial charge < -0.3 is 0 Å². The number of carbonyl (C=O) groups excluding carboxylic acids is 1. The van der Waals surface area contributed by atoms with Crippen LogP contribution in [-0.4, -0.2) is 49.7 Å². The van der Waals surface area contributed by atoms with E-state index in [9.17, 15) is 13.2 Å². The second kappa shape index (κ2) is 7.00. The normalized spacial score (nSPS) is 24.8. The summed E-state index contributed by atoms with van der Waals surface area (Å²) in [6, 6.07) is 6.62. The molecule has 0 amide bonds. The van der Waals surface area contributed by atoms with Crippen LogP contribution in [0.4, 0.5) is 5.69 Å². The summed E-state index contributed by atoms with van der Waals surface area (Å²) in [5.74, 6) is -0.268.